The number of carbonyl (C=O) groups excluding carboxylic acids is 1. The third kappa shape index (κ3) is 3.12. The Hall–Kier alpha value is -2.18. The van der Waals surface area contributed by atoms with E-state index in [1.807, 2.05) is 17.5 Å². The lowest BCUT2D eigenvalue weighted by atomic mass is 10.1. The highest BCUT2D eigenvalue weighted by molar-refractivity contribution is 7.13. The average Bonchev–Trinajstić information content (AvgIpc) is 3.09. The molecule has 0 aliphatic heterocycles. The zero-order chi connectivity index (χ0) is 14.8. The van der Waals surface area contributed by atoms with E-state index in [1.54, 1.807) is 40.5 Å². The molecule has 2 heterocycles. The van der Waals surface area contributed by atoms with Crippen molar-refractivity contribution >= 4 is 28.8 Å². The Labute approximate surface area is 130 Å². The fourth-order valence-electron chi connectivity index (χ4n) is 1.88. The SMILES string of the molecule is NC(=O)c1ccc(-c2nc(Cn3cc(Cl)cn3)cs2)cc1. The minimum atomic E-state index is -0.433. The molecule has 5 nitrogen and oxygen atoms in total. The molecule has 0 saturated carbocycles. The van der Waals surface area contributed by atoms with Gasteiger partial charge in [-0.05, 0) is 12.1 Å². The van der Waals surface area contributed by atoms with Crippen molar-refractivity contribution < 1.29 is 4.79 Å². The molecule has 0 saturated heterocycles. The predicted octanol–water partition coefficient (Wildman–Crippen LogP) is 2.81. The standard InChI is InChI=1S/C14H11ClN4OS/c15-11-5-17-19(6-11)7-12-8-21-14(18-12)10-3-1-9(2-4-10)13(16)20/h1-6,8H,7H2,(H2,16,20). The highest BCUT2D eigenvalue weighted by Gasteiger charge is 2.07. The maximum Gasteiger partial charge on any atom is 0.248 e. The maximum absolute atomic E-state index is 11.0. The first-order chi connectivity index (χ1) is 10.1. The van der Waals surface area contributed by atoms with Crippen LogP contribution < -0.4 is 5.73 Å². The van der Waals surface area contributed by atoms with Gasteiger partial charge in [-0.2, -0.15) is 5.10 Å². The summed E-state index contributed by atoms with van der Waals surface area (Å²) in [6, 6.07) is 7.08. The summed E-state index contributed by atoms with van der Waals surface area (Å²) in [4.78, 5) is 15.6. The number of carbonyl (C=O) groups is 1. The second-order valence-corrected chi connectivity index (χ2v) is 5.74. The molecule has 0 atom stereocenters. The highest BCUT2D eigenvalue weighted by Crippen LogP contribution is 2.24. The Kier molecular flexibility index (Phi) is 3.72. The molecule has 106 valence electrons. The van der Waals surface area contributed by atoms with Crippen molar-refractivity contribution in [3.63, 3.8) is 0 Å². The van der Waals surface area contributed by atoms with Crippen LogP contribution in [0.1, 0.15) is 16.1 Å². The first-order valence-corrected chi connectivity index (χ1v) is 7.40. The number of thiazole rings is 1. The van der Waals surface area contributed by atoms with E-state index in [2.05, 4.69) is 10.1 Å². The first-order valence-electron chi connectivity index (χ1n) is 6.14. The summed E-state index contributed by atoms with van der Waals surface area (Å²) in [5, 5.41) is 7.59. The van der Waals surface area contributed by atoms with Crippen LogP contribution in [-0.2, 0) is 6.54 Å². The third-order valence-electron chi connectivity index (χ3n) is 2.89. The van der Waals surface area contributed by atoms with Gasteiger partial charge in [0.05, 0.1) is 23.5 Å². The molecule has 3 rings (SSSR count). The molecule has 0 aliphatic carbocycles. The van der Waals surface area contributed by atoms with Gasteiger partial charge in [-0.25, -0.2) is 4.98 Å². The molecule has 0 fully saturated rings. The minimum absolute atomic E-state index is 0.433. The summed E-state index contributed by atoms with van der Waals surface area (Å²) in [6.45, 7) is 0.572. The number of primary amides is 1. The van der Waals surface area contributed by atoms with Crippen LogP contribution >= 0.6 is 22.9 Å². The van der Waals surface area contributed by atoms with Crippen molar-refractivity contribution in [2.24, 2.45) is 5.73 Å². The minimum Gasteiger partial charge on any atom is -0.366 e. The number of hydrogen-bond donors (Lipinski definition) is 1. The molecule has 3 aromatic rings. The van der Waals surface area contributed by atoms with E-state index < -0.39 is 5.91 Å². The monoisotopic (exact) mass is 318 g/mol. The van der Waals surface area contributed by atoms with Crippen molar-refractivity contribution in [3.05, 3.63) is 58.3 Å². The fourth-order valence-corrected chi connectivity index (χ4v) is 2.85. The highest BCUT2D eigenvalue weighted by atomic mass is 35.5. The summed E-state index contributed by atoms with van der Waals surface area (Å²) in [5.41, 5.74) is 7.57. The van der Waals surface area contributed by atoms with E-state index >= 15 is 0 Å². The molecule has 2 aromatic heterocycles. The van der Waals surface area contributed by atoms with Crippen molar-refractivity contribution in [2.45, 2.75) is 6.54 Å². The van der Waals surface area contributed by atoms with Crippen LogP contribution in [-0.4, -0.2) is 20.7 Å². The Morgan fingerprint density at radius 1 is 1.33 bits per heavy atom. The third-order valence-corrected chi connectivity index (χ3v) is 4.03. The van der Waals surface area contributed by atoms with Crippen LogP contribution in [0.3, 0.4) is 0 Å². The Morgan fingerprint density at radius 2 is 2.10 bits per heavy atom. The largest absolute Gasteiger partial charge is 0.366 e. The Bertz CT molecular complexity index is 778. The van der Waals surface area contributed by atoms with E-state index in [0.29, 0.717) is 17.1 Å². The lowest BCUT2D eigenvalue weighted by Gasteiger charge is -1.99. The summed E-state index contributed by atoms with van der Waals surface area (Å²) >= 11 is 7.37. The van der Waals surface area contributed by atoms with Crippen LogP contribution in [0.25, 0.3) is 10.6 Å². The molecule has 0 spiro atoms. The zero-order valence-corrected chi connectivity index (χ0v) is 12.4. The summed E-state index contributed by atoms with van der Waals surface area (Å²) < 4.78 is 1.73. The number of amides is 1. The molecule has 0 radical (unpaired) electrons. The summed E-state index contributed by atoms with van der Waals surface area (Å²) in [5.74, 6) is -0.433. The topological polar surface area (TPSA) is 73.8 Å². The van der Waals surface area contributed by atoms with Gasteiger partial charge in [0.1, 0.15) is 5.01 Å². The van der Waals surface area contributed by atoms with E-state index in [1.165, 1.54) is 0 Å². The van der Waals surface area contributed by atoms with Gasteiger partial charge in [0.15, 0.2) is 0 Å². The molecule has 0 aliphatic rings. The number of aromatic nitrogens is 3. The van der Waals surface area contributed by atoms with Crippen molar-refractivity contribution in [1.82, 2.24) is 14.8 Å². The van der Waals surface area contributed by atoms with Gasteiger partial charge < -0.3 is 5.73 Å². The van der Waals surface area contributed by atoms with Crippen molar-refractivity contribution in [3.8, 4) is 10.6 Å². The van der Waals surface area contributed by atoms with Gasteiger partial charge in [-0.15, -0.1) is 11.3 Å². The quantitative estimate of drug-likeness (QED) is 0.803. The molecule has 21 heavy (non-hydrogen) atoms. The summed E-state index contributed by atoms with van der Waals surface area (Å²) in [7, 11) is 0. The lowest BCUT2D eigenvalue weighted by molar-refractivity contribution is 0.100. The van der Waals surface area contributed by atoms with Crippen LogP contribution in [0.15, 0.2) is 42.0 Å². The molecule has 1 aromatic carbocycles. The van der Waals surface area contributed by atoms with Gasteiger partial charge in [0, 0.05) is 22.7 Å². The number of rotatable bonds is 4. The fraction of sp³-hybridized carbons (Fsp3) is 0.0714. The van der Waals surface area contributed by atoms with Crippen molar-refractivity contribution in [2.75, 3.05) is 0 Å². The van der Waals surface area contributed by atoms with Crippen LogP contribution in [0, 0.1) is 0 Å². The van der Waals surface area contributed by atoms with Gasteiger partial charge in [0.25, 0.3) is 0 Å². The number of benzene rings is 1. The van der Waals surface area contributed by atoms with E-state index in [-0.39, 0.29) is 0 Å². The van der Waals surface area contributed by atoms with Gasteiger partial charge >= 0.3 is 0 Å². The lowest BCUT2D eigenvalue weighted by Crippen LogP contribution is -2.10. The smallest absolute Gasteiger partial charge is 0.248 e. The first kappa shape index (κ1) is 13.8. The van der Waals surface area contributed by atoms with Gasteiger partial charge in [-0.3, -0.25) is 9.48 Å². The predicted molar refractivity (Wildman–Crippen MR) is 82.4 cm³/mol. The molecular weight excluding hydrogens is 308 g/mol. The molecule has 2 N–H and O–H groups in total. The normalized spacial score (nSPS) is 10.7. The van der Waals surface area contributed by atoms with E-state index in [0.717, 1.165) is 16.3 Å². The van der Waals surface area contributed by atoms with Gasteiger partial charge in [-0.1, -0.05) is 23.7 Å². The van der Waals surface area contributed by atoms with Crippen LogP contribution in [0.5, 0.6) is 0 Å². The average molecular weight is 319 g/mol. The molecule has 0 bridgehead atoms. The zero-order valence-electron chi connectivity index (χ0n) is 10.9. The number of hydrogen-bond acceptors (Lipinski definition) is 4. The van der Waals surface area contributed by atoms with Crippen LogP contribution in [0.2, 0.25) is 5.02 Å². The summed E-state index contributed by atoms with van der Waals surface area (Å²) in [6.07, 6.45) is 3.35. The molecule has 0 unspecified atom stereocenters. The Balaban J connectivity index is 1.79. The van der Waals surface area contributed by atoms with Crippen LogP contribution in [0.4, 0.5) is 0 Å². The van der Waals surface area contributed by atoms with Crippen molar-refractivity contribution in [1.29, 1.82) is 0 Å². The maximum atomic E-state index is 11.0. The second kappa shape index (κ2) is 5.67. The molecular formula is C14H11ClN4OS. The van der Waals surface area contributed by atoms with E-state index in [9.17, 15) is 4.79 Å². The molecule has 1 amide bonds. The van der Waals surface area contributed by atoms with Gasteiger partial charge in [0.2, 0.25) is 5.91 Å². The Morgan fingerprint density at radius 3 is 2.71 bits per heavy atom. The number of halogens is 1. The molecule has 7 heteroatoms. The number of nitrogens with zero attached hydrogens (tertiary/aromatic N) is 3. The van der Waals surface area contributed by atoms with E-state index in [4.69, 9.17) is 17.3 Å². The number of nitrogens with two attached hydrogens (primary N) is 1. The second-order valence-electron chi connectivity index (χ2n) is 4.44.